The standard InChI is InChI=1S/C17H18N2O2S2/c20-16(7-15-4-2-6-22-15)19-11-17(12-19)8-14(10-23-17)21-13-3-1-5-18-9-13/h1-6,9,14H,7-8,10-12H2. The summed E-state index contributed by atoms with van der Waals surface area (Å²) in [5.74, 6) is 2.07. The molecule has 2 aromatic heterocycles. The molecule has 2 saturated heterocycles. The minimum absolute atomic E-state index is 0.206. The van der Waals surface area contributed by atoms with Crippen LogP contribution in [0.1, 0.15) is 11.3 Å². The lowest BCUT2D eigenvalue weighted by atomic mass is 9.92. The molecule has 2 fully saturated rings. The second-order valence-corrected chi connectivity index (χ2v) is 8.65. The van der Waals surface area contributed by atoms with Crippen LogP contribution in [0.3, 0.4) is 0 Å². The van der Waals surface area contributed by atoms with Crippen LogP contribution in [0, 0.1) is 0 Å². The molecular weight excluding hydrogens is 328 g/mol. The third-order valence-electron chi connectivity index (χ3n) is 4.33. The lowest BCUT2D eigenvalue weighted by molar-refractivity contribution is -0.135. The first kappa shape index (κ1) is 15.0. The first-order valence-electron chi connectivity index (χ1n) is 7.73. The van der Waals surface area contributed by atoms with Gasteiger partial charge in [-0.15, -0.1) is 23.1 Å². The molecule has 0 aliphatic carbocycles. The summed E-state index contributed by atoms with van der Waals surface area (Å²) < 4.78 is 6.21. The molecule has 0 aromatic carbocycles. The highest BCUT2D eigenvalue weighted by Gasteiger charge is 2.51. The molecule has 1 atom stereocenters. The summed E-state index contributed by atoms with van der Waals surface area (Å²) in [6, 6.07) is 7.86. The topological polar surface area (TPSA) is 42.4 Å². The SMILES string of the molecule is O=C(Cc1cccs1)N1CC2(CC(Oc3cccnc3)CS2)C1. The lowest BCUT2D eigenvalue weighted by Crippen LogP contribution is -2.61. The van der Waals surface area contributed by atoms with Gasteiger partial charge in [0.25, 0.3) is 0 Å². The van der Waals surface area contributed by atoms with Crippen molar-refractivity contribution in [2.45, 2.75) is 23.7 Å². The number of rotatable bonds is 4. The zero-order valence-corrected chi connectivity index (χ0v) is 14.3. The molecule has 2 aromatic rings. The Morgan fingerprint density at radius 1 is 1.39 bits per heavy atom. The van der Waals surface area contributed by atoms with Gasteiger partial charge in [0.1, 0.15) is 11.9 Å². The molecule has 6 heteroatoms. The van der Waals surface area contributed by atoms with Crippen molar-refractivity contribution >= 4 is 29.0 Å². The second-order valence-electron chi connectivity index (χ2n) is 6.13. The van der Waals surface area contributed by atoms with Gasteiger partial charge in [0.15, 0.2) is 0 Å². The fourth-order valence-electron chi connectivity index (χ4n) is 3.21. The molecule has 120 valence electrons. The Hall–Kier alpha value is -1.53. The molecule has 0 bridgehead atoms. The summed E-state index contributed by atoms with van der Waals surface area (Å²) in [5, 5.41) is 2.02. The van der Waals surface area contributed by atoms with Crippen molar-refractivity contribution in [3.63, 3.8) is 0 Å². The molecular formula is C17H18N2O2S2. The van der Waals surface area contributed by atoms with Crippen molar-refractivity contribution < 1.29 is 9.53 Å². The number of ether oxygens (including phenoxy) is 1. The quantitative estimate of drug-likeness (QED) is 0.854. The normalized spacial score (nSPS) is 22.1. The Morgan fingerprint density at radius 3 is 3.04 bits per heavy atom. The zero-order chi connectivity index (χ0) is 15.7. The van der Waals surface area contributed by atoms with E-state index in [1.807, 2.05) is 46.3 Å². The van der Waals surface area contributed by atoms with Gasteiger partial charge in [0.05, 0.1) is 17.4 Å². The number of likely N-dealkylation sites (tertiary alicyclic amines) is 1. The van der Waals surface area contributed by atoms with E-state index in [2.05, 4.69) is 4.98 Å². The van der Waals surface area contributed by atoms with Crippen LogP contribution in [0.15, 0.2) is 42.0 Å². The molecule has 1 spiro atoms. The highest BCUT2D eigenvalue weighted by atomic mass is 32.2. The van der Waals surface area contributed by atoms with Crippen molar-refractivity contribution in [1.82, 2.24) is 9.88 Å². The van der Waals surface area contributed by atoms with E-state index in [9.17, 15) is 4.79 Å². The van der Waals surface area contributed by atoms with E-state index in [0.29, 0.717) is 6.42 Å². The van der Waals surface area contributed by atoms with Crippen molar-refractivity contribution in [1.29, 1.82) is 0 Å². The van der Waals surface area contributed by atoms with Crippen LogP contribution in [0.4, 0.5) is 0 Å². The van der Waals surface area contributed by atoms with Gasteiger partial charge >= 0.3 is 0 Å². The summed E-state index contributed by atoms with van der Waals surface area (Å²) >= 11 is 3.60. The molecule has 4 rings (SSSR count). The van der Waals surface area contributed by atoms with Crippen molar-refractivity contribution in [2.75, 3.05) is 18.8 Å². The maximum Gasteiger partial charge on any atom is 0.227 e. The third-order valence-corrected chi connectivity index (χ3v) is 6.78. The molecule has 1 amide bonds. The number of hydrogen-bond acceptors (Lipinski definition) is 5. The fraction of sp³-hybridized carbons (Fsp3) is 0.412. The average Bonchev–Trinajstić information content (AvgIpc) is 3.16. The van der Waals surface area contributed by atoms with Crippen LogP contribution in [0.5, 0.6) is 5.75 Å². The predicted octanol–water partition coefficient (Wildman–Crippen LogP) is 2.85. The lowest BCUT2D eigenvalue weighted by Gasteiger charge is -2.47. The maximum atomic E-state index is 12.3. The summed E-state index contributed by atoms with van der Waals surface area (Å²) in [7, 11) is 0. The van der Waals surface area contributed by atoms with E-state index < -0.39 is 0 Å². The van der Waals surface area contributed by atoms with Crippen LogP contribution < -0.4 is 4.74 Å². The van der Waals surface area contributed by atoms with Crippen LogP contribution in [-0.2, 0) is 11.2 Å². The minimum Gasteiger partial charge on any atom is -0.488 e. The Balaban J connectivity index is 1.28. The number of carbonyl (C=O) groups excluding carboxylic acids is 1. The van der Waals surface area contributed by atoms with E-state index >= 15 is 0 Å². The van der Waals surface area contributed by atoms with Gasteiger partial charge in [0.2, 0.25) is 5.91 Å². The summed E-state index contributed by atoms with van der Waals surface area (Å²) in [6.07, 6.45) is 5.27. The Kier molecular flexibility index (Phi) is 4.03. The largest absolute Gasteiger partial charge is 0.488 e. The van der Waals surface area contributed by atoms with Gasteiger partial charge < -0.3 is 9.64 Å². The molecule has 0 saturated carbocycles. The second kappa shape index (κ2) is 6.17. The van der Waals surface area contributed by atoms with Crippen molar-refractivity contribution in [3.8, 4) is 5.75 Å². The number of hydrogen-bond donors (Lipinski definition) is 0. The Labute approximate surface area is 143 Å². The van der Waals surface area contributed by atoms with E-state index in [0.717, 1.165) is 35.9 Å². The van der Waals surface area contributed by atoms with Gasteiger partial charge in [0, 0.05) is 36.3 Å². The highest BCUT2D eigenvalue weighted by molar-refractivity contribution is 8.01. The summed E-state index contributed by atoms with van der Waals surface area (Å²) in [5.41, 5.74) is 0. The highest BCUT2D eigenvalue weighted by Crippen LogP contribution is 2.46. The summed E-state index contributed by atoms with van der Waals surface area (Å²) in [6.45, 7) is 1.71. The molecule has 2 aliphatic rings. The first-order valence-corrected chi connectivity index (χ1v) is 9.60. The van der Waals surface area contributed by atoms with Crippen molar-refractivity contribution in [3.05, 3.63) is 46.9 Å². The molecule has 0 radical (unpaired) electrons. The Bertz CT molecular complexity index is 669. The number of carbonyl (C=O) groups is 1. The zero-order valence-electron chi connectivity index (χ0n) is 12.7. The first-order chi connectivity index (χ1) is 11.2. The van der Waals surface area contributed by atoms with E-state index in [4.69, 9.17) is 4.74 Å². The third kappa shape index (κ3) is 3.23. The van der Waals surface area contributed by atoms with Crippen molar-refractivity contribution in [2.24, 2.45) is 0 Å². The molecule has 2 aliphatic heterocycles. The average molecular weight is 346 g/mol. The van der Waals surface area contributed by atoms with Crippen LogP contribution in [-0.4, -0.2) is 45.5 Å². The van der Waals surface area contributed by atoms with Gasteiger partial charge in [-0.1, -0.05) is 6.07 Å². The van der Waals surface area contributed by atoms with Gasteiger partial charge in [-0.05, 0) is 23.6 Å². The number of aromatic nitrogens is 1. The van der Waals surface area contributed by atoms with E-state index in [-0.39, 0.29) is 16.8 Å². The minimum atomic E-state index is 0.206. The molecule has 0 N–H and O–H groups in total. The number of thioether (sulfide) groups is 1. The molecule has 4 nitrogen and oxygen atoms in total. The summed E-state index contributed by atoms with van der Waals surface area (Å²) in [4.78, 5) is 19.5. The number of nitrogens with zero attached hydrogens (tertiary/aromatic N) is 2. The van der Waals surface area contributed by atoms with Gasteiger partial charge in [-0.3, -0.25) is 9.78 Å². The van der Waals surface area contributed by atoms with E-state index in [1.54, 1.807) is 23.7 Å². The smallest absolute Gasteiger partial charge is 0.227 e. The monoisotopic (exact) mass is 346 g/mol. The number of amides is 1. The Morgan fingerprint density at radius 2 is 2.30 bits per heavy atom. The number of pyridine rings is 1. The molecule has 4 heterocycles. The van der Waals surface area contributed by atoms with Gasteiger partial charge in [-0.2, -0.15) is 0 Å². The predicted molar refractivity (Wildman–Crippen MR) is 93.1 cm³/mol. The van der Waals surface area contributed by atoms with Crippen LogP contribution >= 0.6 is 23.1 Å². The fourth-order valence-corrected chi connectivity index (χ4v) is 5.43. The van der Waals surface area contributed by atoms with Crippen LogP contribution in [0.25, 0.3) is 0 Å². The van der Waals surface area contributed by atoms with Crippen LogP contribution in [0.2, 0.25) is 0 Å². The van der Waals surface area contributed by atoms with E-state index in [1.165, 1.54) is 0 Å². The van der Waals surface area contributed by atoms with Gasteiger partial charge in [-0.25, -0.2) is 0 Å². The molecule has 23 heavy (non-hydrogen) atoms. The number of thiophene rings is 1. The molecule has 1 unspecified atom stereocenters. The maximum absolute atomic E-state index is 12.3.